The van der Waals surface area contributed by atoms with Crippen LogP contribution in [0.3, 0.4) is 0 Å². The molecule has 0 aromatic rings. The molecule has 2 rings (SSSR count). The number of hydrogen-bond donors (Lipinski definition) is 3. The summed E-state index contributed by atoms with van der Waals surface area (Å²) in [6.07, 6.45) is 2.96. The van der Waals surface area contributed by atoms with Crippen molar-refractivity contribution in [3.63, 3.8) is 0 Å². The van der Waals surface area contributed by atoms with Crippen molar-refractivity contribution < 1.29 is 19.2 Å². The smallest absolute Gasteiger partial charge is 0.325 e. The molecule has 0 aromatic heterocycles. The number of rotatable bonds is 4. The fourth-order valence-corrected chi connectivity index (χ4v) is 2.79. The molecule has 8 nitrogen and oxygen atoms in total. The third-order valence-corrected chi connectivity index (χ3v) is 3.93. The molecule has 1 aliphatic heterocycles. The highest BCUT2D eigenvalue weighted by Crippen LogP contribution is 2.34. The Balaban J connectivity index is 1.87. The molecule has 1 spiro atoms. The van der Waals surface area contributed by atoms with Crippen LogP contribution in [0.4, 0.5) is 9.59 Å². The van der Waals surface area contributed by atoms with Gasteiger partial charge in [-0.25, -0.2) is 9.59 Å². The number of urea groups is 2. The molecule has 8 heteroatoms. The summed E-state index contributed by atoms with van der Waals surface area (Å²) in [5.41, 5.74) is -0.836. The summed E-state index contributed by atoms with van der Waals surface area (Å²) < 4.78 is 0. The van der Waals surface area contributed by atoms with Crippen LogP contribution in [0.5, 0.6) is 0 Å². The monoisotopic (exact) mass is 310 g/mol. The van der Waals surface area contributed by atoms with Crippen molar-refractivity contribution in [2.24, 2.45) is 5.92 Å². The average molecular weight is 310 g/mol. The zero-order valence-electron chi connectivity index (χ0n) is 12.9. The summed E-state index contributed by atoms with van der Waals surface area (Å²) in [7, 11) is 0. The normalized spacial score (nSPS) is 19.7. The van der Waals surface area contributed by atoms with Crippen molar-refractivity contribution in [1.29, 1.82) is 0 Å². The van der Waals surface area contributed by atoms with Gasteiger partial charge in [0.15, 0.2) is 0 Å². The van der Waals surface area contributed by atoms with Crippen LogP contribution in [0.2, 0.25) is 0 Å². The molecule has 0 radical (unpaired) electrons. The minimum atomic E-state index is -0.836. The Morgan fingerprint density at radius 1 is 1.27 bits per heavy atom. The minimum Gasteiger partial charge on any atom is -0.338 e. The molecular formula is C14H22N4O4. The second-order valence-electron chi connectivity index (χ2n) is 6.26. The maximum atomic E-state index is 12.3. The number of hydrogen-bond acceptors (Lipinski definition) is 4. The Kier molecular flexibility index (Phi) is 4.68. The molecule has 0 atom stereocenters. The maximum Gasteiger partial charge on any atom is 0.325 e. The molecule has 122 valence electrons. The Bertz CT molecular complexity index is 497. The van der Waals surface area contributed by atoms with Crippen molar-refractivity contribution in [3.05, 3.63) is 0 Å². The summed E-state index contributed by atoms with van der Waals surface area (Å²) in [4.78, 5) is 48.4. The van der Waals surface area contributed by atoms with Gasteiger partial charge in [-0.05, 0) is 18.8 Å². The van der Waals surface area contributed by atoms with E-state index in [0.29, 0.717) is 19.4 Å². The van der Waals surface area contributed by atoms with E-state index < -0.39 is 30.1 Å². The van der Waals surface area contributed by atoms with Gasteiger partial charge in [-0.3, -0.25) is 19.8 Å². The van der Waals surface area contributed by atoms with E-state index in [-0.39, 0.29) is 11.8 Å². The first-order chi connectivity index (χ1) is 10.3. The summed E-state index contributed by atoms with van der Waals surface area (Å²) in [5, 5.41) is 7.34. The Morgan fingerprint density at radius 3 is 2.50 bits per heavy atom. The van der Waals surface area contributed by atoms with E-state index in [1.165, 1.54) is 0 Å². The molecular weight excluding hydrogens is 288 g/mol. The Labute approximate surface area is 129 Å². The largest absolute Gasteiger partial charge is 0.338 e. The van der Waals surface area contributed by atoms with Gasteiger partial charge in [0, 0.05) is 6.54 Å². The van der Waals surface area contributed by atoms with Gasteiger partial charge >= 0.3 is 12.1 Å². The Morgan fingerprint density at radius 2 is 1.91 bits per heavy atom. The lowest BCUT2D eigenvalue weighted by Gasteiger charge is -2.19. The SMILES string of the molecule is CC(C)CNC(=O)NC(=O)CN1C(=O)NC2(CCCC2)C1=O. The minimum absolute atomic E-state index is 0.258. The lowest BCUT2D eigenvalue weighted by molar-refractivity contribution is -0.134. The van der Waals surface area contributed by atoms with E-state index in [4.69, 9.17) is 0 Å². The number of carbonyl (C=O) groups excluding carboxylic acids is 4. The van der Waals surface area contributed by atoms with Crippen LogP contribution in [0.1, 0.15) is 39.5 Å². The van der Waals surface area contributed by atoms with Crippen molar-refractivity contribution in [2.45, 2.75) is 45.1 Å². The fourth-order valence-electron chi connectivity index (χ4n) is 2.79. The number of nitrogens with one attached hydrogen (secondary N) is 3. The van der Waals surface area contributed by atoms with E-state index in [9.17, 15) is 19.2 Å². The molecule has 3 N–H and O–H groups in total. The highest BCUT2D eigenvalue weighted by Gasteiger charge is 2.52. The van der Waals surface area contributed by atoms with Crippen LogP contribution in [0.25, 0.3) is 0 Å². The van der Waals surface area contributed by atoms with Crippen LogP contribution in [-0.2, 0) is 9.59 Å². The van der Waals surface area contributed by atoms with Crippen LogP contribution in [0, 0.1) is 5.92 Å². The van der Waals surface area contributed by atoms with Crippen molar-refractivity contribution >= 4 is 23.9 Å². The van der Waals surface area contributed by atoms with Crippen LogP contribution < -0.4 is 16.0 Å². The van der Waals surface area contributed by atoms with Gasteiger partial charge in [0.2, 0.25) is 5.91 Å². The third-order valence-electron chi connectivity index (χ3n) is 3.93. The molecule has 2 aliphatic rings. The van der Waals surface area contributed by atoms with Crippen LogP contribution in [0.15, 0.2) is 0 Å². The second kappa shape index (κ2) is 6.33. The lowest BCUT2D eigenvalue weighted by atomic mass is 9.98. The van der Waals surface area contributed by atoms with E-state index in [0.717, 1.165) is 17.7 Å². The average Bonchev–Trinajstić information content (AvgIpc) is 2.98. The number of imide groups is 2. The van der Waals surface area contributed by atoms with Crippen LogP contribution in [-0.4, -0.2) is 47.4 Å². The highest BCUT2D eigenvalue weighted by atomic mass is 16.2. The summed E-state index contributed by atoms with van der Waals surface area (Å²) in [5.74, 6) is -0.790. The molecule has 0 aromatic carbocycles. The first-order valence-electron chi connectivity index (χ1n) is 7.56. The predicted octanol–water partition coefficient (Wildman–Crippen LogP) is 0.333. The van der Waals surface area contributed by atoms with E-state index in [1.54, 1.807) is 0 Å². The molecule has 22 heavy (non-hydrogen) atoms. The molecule has 1 heterocycles. The van der Waals surface area contributed by atoms with Gasteiger partial charge in [0.1, 0.15) is 12.1 Å². The summed E-state index contributed by atoms with van der Waals surface area (Å²) >= 11 is 0. The van der Waals surface area contributed by atoms with Gasteiger partial charge in [-0.2, -0.15) is 0 Å². The molecule has 6 amide bonds. The number of amides is 6. The molecule has 2 fully saturated rings. The van der Waals surface area contributed by atoms with E-state index in [1.807, 2.05) is 13.8 Å². The zero-order chi connectivity index (χ0) is 16.3. The molecule has 1 saturated carbocycles. The van der Waals surface area contributed by atoms with Gasteiger partial charge < -0.3 is 10.6 Å². The standard InChI is InChI=1S/C14H22N4O4/c1-9(2)7-15-12(21)16-10(19)8-18-11(20)14(17-13(18)22)5-3-4-6-14/h9H,3-8H2,1-2H3,(H,17,22)(H2,15,16,19,21). The van der Waals surface area contributed by atoms with Crippen molar-refractivity contribution in [3.8, 4) is 0 Å². The molecule has 0 bridgehead atoms. The third kappa shape index (κ3) is 3.37. The summed E-state index contributed by atoms with van der Waals surface area (Å²) in [6.45, 7) is 3.85. The second-order valence-corrected chi connectivity index (χ2v) is 6.26. The number of carbonyl (C=O) groups is 4. The van der Waals surface area contributed by atoms with E-state index >= 15 is 0 Å². The first kappa shape index (κ1) is 16.3. The highest BCUT2D eigenvalue weighted by molar-refractivity contribution is 6.10. The topological polar surface area (TPSA) is 108 Å². The fraction of sp³-hybridized carbons (Fsp3) is 0.714. The quantitative estimate of drug-likeness (QED) is 0.650. The molecule has 1 aliphatic carbocycles. The van der Waals surface area contributed by atoms with Gasteiger partial charge in [-0.1, -0.05) is 26.7 Å². The molecule has 0 unspecified atom stereocenters. The molecule has 1 saturated heterocycles. The van der Waals surface area contributed by atoms with Crippen molar-refractivity contribution in [1.82, 2.24) is 20.9 Å². The predicted molar refractivity (Wildman–Crippen MR) is 77.8 cm³/mol. The zero-order valence-corrected chi connectivity index (χ0v) is 12.9. The van der Waals surface area contributed by atoms with Gasteiger partial charge in [-0.15, -0.1) is 0 Å². The van der Waals surface area contributed by atoms with Crippen molar-refractivity contribution in [2.75, 3.05) is 13.1 Å². The lowest BCUT2D eigenvalue weighted by Crippen LogP contribution is -2.48. The van der Waals surface area contributed by atoms with E-state index in [2.05, 4.69) is 16.0 Å². The van der Waals surface area contributed by atoms with Gasteiger partial charge in [0.05, 0.1) is 0 Å². The maximum absolute atomic E-state index is 12.3. The van der Waals surface area contributed by atoms with Crippen LogP contribution >= 0.6 is 0 Å². The Hall–Kier alpha value is -2.12. The first-order valence-corrected chi connectivity index (χ1v) is 7.56. The van der Waals surface area contributed by atoms with Gasteiger partial charge in [0.25, 0.3) is 5.91 Å². The summed E-state index contributed by atoms with van der Waals surface area (Å²) in [6, 6.07) is -1.19. The number of nitrogens with zero attached hydrogens (tertiary/aromatic N) is 1.